The van der Waals surface area contributed by atoms with Gasteiger partial charge in [-0.15, -0.1) is 5.10 Å². The second-order valence-corrected chi connectivity index (χ2v) is 8.57. The van der Waals surface area contributed by atoms with Gasteiger partial charge in [0.15, 0.2) is 5.82 Å². The average Bonchev–Trinajstić information content (AvgIpc) is 3.12. The van der Waals surface area contributed by atoms with Crippen LogP contribution in [-0.2, 0) is 4.74 Å². The normalized spacial score (nSPS) is 30.1. The Labute approximate surface area is 163 Å². The van der Waals surface area contributed by atoms with E-state index >= 15 is 0 Å². The van der Waals surface area contributed by atoms with Crippen molar-refractivity contribution in [3.8, 4) is 0 Å². The second-order valence-electron chi connectivity index (χ2n) is 8.57. The summed E-state index contributed by atoms with van der Waals surface area (Å²) in [6.07, 6.45) is 10.6. The lowest BCUT2D eigenvalue weighted by Gasteiger charge is -2.36. The molecule has 4 atom stereocenters. The summed E-state index contributed by atoms with van der Waals surface area (Å²) in [5, 5.41) is 8.90. The number of aromatic amines is 1. The first-order chi connectivity index (χ1) is 13.8. The topological polar surface area (TPSA) is 84.8 Å². The molecule has 4 heterocycles. The van der Waals surface area contributed by atoms with Gasteiger partial charge >= 0.3 is 0 Å². The number of hydrogen-bond acceptors (Lipinski definition) is 6. The summed E-state index contributed by atoms with van der Waals surface area (Å²) in [5.74, 6) is 2.89. The molecule has 1 saturated heterocycles. The fourth-order valence-corrected chi connectivity index (χ4v) is 5.21. The molecule has 0 spiro atoms. The maximum Gasteiger partial charge on any atom is 0.156 e. The van der Waals surface area contributed by atoms with Gasteiger partial charge in [0.05, 0.1) is 23.4 Å². The number of rotatable bonds is 4. The summed E-state index contributed by atoms with van der Waals surface area (Å²) < 4.78 is 7.99. The number of methoxy groups -OCH3 is 1. The second kappa shape index (κ2) is 6.27. The molecule has 0 radical (unpaired) electrons. The molecule has 28 heavy (non-hydrogen) atoms. The van der Waals surface area contributed by atoms with Gasteiger partial charge < -0.3 is 14.6 Å². The average molecular weight is 379 g/mol. The molecule has 1 aliphatic heterocycles. The summed E-state index contributed by atoms with van der Waals surface area (Å²) in [4.78, 5) is 14.7. The van der Waals surface area contributed by atoms with Gasteiger partial charge in [-0.05, 0) is 43.6 Å². The van der Waals surface area contributed by atoms with Crippen molar-refractivity contribution in [2.45, 2.75) is 43.7 Å². The standard InChI is InChI=1S/C20H25N7O/c1-28-18-7-14-9-26(20-19-15(4-5-21-19)22-11-23-20)8-13(14)6-17(18)27-10-16(24-25-27)12-2-3-12/h4-5,10-14,17-18,21H,2-3,6-9H2,1H3/t13-,14+,17-,18-/m1/s1. The van der Waals surface area contributed by atoms with Crippen molar-refractivity contribution in [2.75, 3.05) is 25.1 Å². The van der Waals surface area contributed by atoms with Gasteiger partial charge in [0.25, 0.3) is 0 Å². The summed E-state index contributed by atoms with van der Waals surface area (Å²) >= 11 is 0. The van der Waals surface area contributed by atoms with Gasteiger partial charge in [-0.3, -0.25) is 0 Å². The summed E-state index contributed by atoms with van der Waals surface area (Å²) in [5.41, 5.74) is 3.16. The van der Waals surface area contributed by atoms with Crippen LogP contribution in [0.4, 0.5) is 5.82 Å². The summed E-state index contributed by atoms with van der Waals surface area (Å²) in [6, 6.07) is 2.27. The van der Waals surface area contributed by atoms with Gasteiger partial charge in [-0.25, -0.2) is 14.6 Å². The zero-order valence-corrected chi connectivity index (χ0v) is 16.0. The highest BCUT2D eigenvalue weighted by molar-refractivity contribution is 5.86. The van der Waals surface area contributed by atoms with Crippen LogP contribution >= 0.6 is 0 Å². The Bertz CT molecular complexity index is 993. The van der Waals surface area contributed by atoms with Crippen molar-refractivity contribution in [2.24, 2.45) is 11.8 Å². The molecule has 2 saturated carbocycles. The van der Waals surface area contributed by atoms with Crippen molar-refractivity contribution in [3.63, 3.8) is 0 Å². The molecule has 6 rings (SSSR count). The first-order valence-corrected chi connectivity index (χ1v) is 10.3. The number of nitrogens with zero attached hydrogens (tertiary/aromatic N) is 6. The van der Waals surface area contributed by atoms with Crippen LogP contribution in [0.2, 0.25) is 0 Å². The first-order valence-electron chi connectivity index (χ1n) is 10.3. The maximum absolute atomic E-state index is 5.91. The SMILES string of the molecule is CO[C@@H]1C[C@H]2CN(c3ncnc4cc[nH]c34)C[C@H]2C[C@H]1n1cc(C2CC2)nn1. The van der Waals surface area contributed by atoms with Crippen LogP contribution in [0.25, 0.3) is 11.0 Å². The van der Waals surface area contributed by atoms with Crippen LogP contribution in [0, 0.1) is 11.8 Å². The van der Waals surface area contributed by atoms with E-state index in [1.165, 1.54) is 12.8 Å². The number of ether oxygens (including phenoxy) is 1. The molecule has 8 heteroatoms. The van der Waals surface area contributed by atoms with Crippen molar-refractivity contribution in [3.05, 3.63) is 30.5 Å². The Kier molecular flexibility index (Phi) is 3.69. The van der Waals surface area contributed by atoms with E-state index < -0.39 is 0 Å². The third-order valence-electron chi connectivity index (χ3n) is 6.88. The summed E-state index contributed by atoms with van der Waals surface area (Å²) in [7, 11) is 1.83. The molecular formula is C20H25N7O. The first kappa shape index (κ1) is 16.5. The molecule has 146 valence electrons. The Hall–Kier alpha value is -2.48. The molecule has 3 aromatic heterocycles. The molecule has 0 bridgehead atoms. The third-order valence-corrected chi connectivity index (χ3v) is 6.88. The molecule has 3 aromatic rings. The van der Waals surface area contributed by atoms with Crippen LogP contribution in [0.15, 0.2) is 24.8 Å². The van der Waals surface area contributed by atoms with Gasteiger partial charge in [0.1, 0.15) is 11.8 Å². The van der Waals surface area contributed by atoms with Gasteiger partial charge in [-0.1, -0.05) is 5.21 Å². The van der Waals surface area contributed by atoms with Gasteiger partial charge in [0, 0.05) is 38.5 Å². The Balaban J connectivity index is 1.25. The van der Waals surface area contributed by atoms with E-state index in [0.29, 0.717) is 17.8 Å². The van der Waals surface area contributed by atoms with E-state index in [-0.39, 0.29) is 12.1 Å². The highest BCUT2D eigenvalue weighted by Crippen LogP contribution is 2.44. The van der Waals surface area contributed by atoms with E-state index in [9.17, 15) is 0 Å². The van der Waals surface area contributed by atoms with Crippen molar-refractivity contribution in [1.29, 1.82) is 0 Å². The van der Waals surface area contributed by atoms with Crippen LogP contribution in [0.3, 0.4) is 0 Å². The highest BCUT2D eigenvalue weighted by Gasteiger charge is 2.44. The Morgan fingerprint density at radius 1 is 1.14 bits per heavy atom. The largest absolute Gasteiger partial charge is 0.379 e. The maximum atomic E-state index is 5.91. The lowest BCUT2D eigenvalue weighted by molar-refractivity contribution is -0.00542. The lowest BCUT2D eigenvalue weighted by Crippen LogP contribution is -2.37. The molecule has 3 aliphatic rings. The molecule has 8 nitrogen and oxygen atoms in total. The Morgan fingerprint density at radius 3 is 2.82 bits per heavy atom. The van der Waals surface area contributed by atoms with E-state index in [4.69, 9.17) is 4.74 Å². The lowest BCUT2D eigenvalue weighted by atomic mass is 9.77. The van der Waals surface area contributed by atoms with Crippen LogP contribution < -0.4 is 4.90 Å². The quantitative estimate of drug-likeness (QED) is 0.750. The zero-order chi connectivity index (χ0) is 18.7. The van der Waals surface area contributed by atoms with E-state index in [1.54, 1.807) is 6.33 Å². The number of H-pyrrole nitrogens is 1. The van der Waals surface area contributed by atoms with Crippen LogP contribution in [-0.4, -0.2) is 56.2 Å². The molecule has 1 N–H and O–H groups in total. The van der Waals surface area contributed by atoms with E-state index in [2.05, 4.69) is 41.0 Å². The van der Waals surface area contributed by atoms with E-state index in [0.717, 1.165) is 48.5 Å². The van der Waals surface area contributed by atoms with Gasteiger partial charge in [-0.2, -0.15) is 0 Å². The van der Waals surface area contributed by atoms with Crippen molar-refractivity contribution < 1.29 is 4.74 Å². The van der Waals surface area contributed by atoms with Crippen molar-refractivity contribution >= 4 is 16.9 Å². The smallest absolute Gasteiger partial charge is 0.156 e. The highest BCUT2D eigenvalue weighted by atomic mass is 16.5. The predicted octanol–water partition coefficient (Wildman–Crippen LogP) is 2.53. The predicted molar refractivity (Wildman–Crippen MR) is 104 cm³/mol. The molecular weight excluding hydrogens is 354 g/mol. The monoisotopic (exact) mass is 379 g/mol. The fourth-order valence-electron chi connectivity index (χ4n) is 5.21. The molecule has 2 aliphatic carbocycles. The van der Waals surface area contributed by atoms with Crippen LogP contribution in [0.5, 0.6) is 0 Å². The number of hydrogen-bond donors (Lipinski definition) is 1. The minimum atomic E-state index is 0.186. The summed E-state index contributed by atoms with van der Waals surface area (Å²) in [6.45, 7) is 2.04. The number of nitrogens with one attached hydrogen (secondary N) is 1. The third kappa shape index (κ3) is 2.62. The Morgan fingerprint density at radius 2 is 2.00 bits per heavy atom. The molecule has 0 amide bonds. The minimum absolute atomic E-state index is 0.186. The molecule has 0 aromatic carbocycles. The van der Waals surface area contributed by atoms with Gasteiger partial charge in [0.2, 0.25) is 0 Å². The van der Waals surface area contributed by atoms with Crippen molar-refractivity contribution in [1.82, 2.24) is 29.9 Å². The van der Waals surface area contributed by atoms with Crippen LogP contribution in [0.1, 0.15) is 43.3 Å². The molecule has 0 unspecified atom stereocenters. The number of anilines is 1. The fraction of sp³-hybridized carbons (Fsp3) is 0.600. The zero-order valence-electron chi connectivity index (χ0n) is 16.0. The van der Waals surface area contributed by atoms with E-state index in [1.807, 2.05) is 19.4 Å². The minimum Gasteiger partial charge on any atom is -0.379 e. The number of fused-ring (bicyclic) bond motifs is 2. The molecule has 3 fully saturated rings. The number of aromatic nitrogens is 6.